The van der Waals surface area contributed by atoms with Gasteiger partial charge in [0.2, 0.25) is 12.3 Å². The van der Waals surface area contributed by atoms with E-state index in [0.29, 0.717) is 24.4 Å². The topological polar surface area (TPSA) is 93.9 Å². The van der Waals surface area contributed by atoms with Crippen LogP contribution in [0.3, 0.4) is 0 Å². The lowest BCUT2D eigenvalue weighted by molar-refractivity contribution is -0.116. The van der Waals surface area contributed by atoms with Gasteiger partial charge in [-0.1, -0.05) is 0 Å². The molecule has 8 heteroatoms. The number of hydrogen-bond donors (Lipinski definition) is 3. The number of aryl methyl sites for hydroxylation is 1. The first-order valence-electron chi connectivity index (χ1n) is 12.6. The van der Waals surface area contributed by atoms with Gasteiger partial charge in [0.15, 0.2) is 0 Å². The maximum absolute atomic E-state index is 12.0. The van der Waals surface area contributed by atoms with E-state index in [9.17, 15) is 9.59 Å². The second kappa shape index (κ2) is 9.77. The molecule has 0 atom stereocenters. The molecule has 3 aliphatic rings. The zero-order chi connectivity index (χ0) is 24.4. The number of hydrogen-bond acceptors (Lipinski definition) is 6. The summed E-state index contributed by atoms with van der Waals surface area (Å²) in [5.74, 6) is -0.0924. The van der Waals surface area contributed by atoms with Crippen LogP contribution in [0.15, 0.2) is 42.5 Å². The number of benzene rings is 2. The van der Waals surface area contributed by atoms with E-state index in [1.807, 2.05) is 25.1 Å². The van der Waals surface area contributed by atoms with Crippen molar-refractivity contribution >= 4 is 35.1 Å². The molecule has 0 radical (unpaired) electrons. The summed E-state index contributed by atoms with van der Waals surface area (Å²) in [4.78, 5) is 29.9. The third kappa shape index (κ3) is 5.07. The summed E-state index contributed by atoms with van der Waals surface area (Å²) in [6.07, 6.45) is 3.41. The molecule has 35 heavy (non-hydrogen) atoms. The van der Waals surface area contributed by atoms with E-state index in [-0.39, 0.29) is 12.3 Å². The summed E-state index contributed by atoms with van der Waals surface area (Å²) in [7, 11) is 0. The summed E-state index contributed by atoms with van der Waals surface area (Å²) < 4.78 is 0. The van der Waals surface area contributed by atoms with Crippen LogP contribution in [0.5, 0.6) is 0 Å². The molecular formula is C27H36N6O2. The highest BCUT2D eigenvalue weighted by Crippen LogP contribution is 2.43. The standard InChI is InChI=1S/C27H36N6O2/c1-20-14-23(6-7-25(20)30-26(35)8-11-29-19-34)32-15-24(16-32)33-17-27(18-33)9-12-31(13-10-27)22-4-2-21(28)3-5-22/h2-7,14,19,24H,8-13,15-18,28H2,1H3,(H,29,34)(H,30,35). The van der Waals surface area contributed by atoms with Gasteiger partial charge in [-0.2, -0.15) is 0 Å². The van der Waals surface area contributed by atoms with E-state index < -0.39 is 0 Å². The first kappa shape index (κ1) is 23.5. The zero-order valence-electron chi connectivity index (χ0n) is 20.5. The third-order valence-corrected chi connectivity index (χ3v) is 7.97. The molecule has 2 amide bonds. The molecule has 0 aromatic heterocycles. The Hall–Kier alpha value is -3.26. The maximum atomic E-state index is 12.0. The van der Waals surface area contributed by atoms with Gasteiger partial charge in [-0.25, -0.2) is 0 Å². The van der Waals surface area contributed by atoms with Crippen molar-refractivity contribution in [2.75, 3.05) is 66.7 Å². The van der Waals surface area contributed by atoms with Crippen molar-refractivity contribution in [1.29, 1.82) is 0 Å². The highest BCUT2D eigenvalue weighted by molar-refractivity contribution is 5.92. The van der Waals surface area contributed by atoms with Gasteiger partial charge in [-0.3, -0.25) is 14.5 Å². The Morgan fingerprint density at radius 3 is 2.40 bits per heavy atom. The molecule has 4 N–H and O–H groups in total. The van der Waals surface area contributed by atoms with Crippen molar-refractivity contribution in [3.05, 3.63) is 48.0 Å². The molecule has 3 heterocycles. The number of piperidine rings is 1. The number of nitrogen functional groups attached to an aromatic ring is 1. The van der Waals surface area contributed by atoms with Crippen molar-refractivity contribution < 1.29 is 9.59 Å². The molecule has 2 aromatic rings. The fraction of sp³-hybridized carbons (Fsp3) is 0.481. The molecule has 3 fully saturated rings. The van der Waals surface area contributed by atoms with Crippen LogP contribution < -0.4 is 26.2 Å². The van der Waals surface area contributed by atoms with E-state index in [1.165, 1.54) is 37.3 Å². The summed E-state index contributed by atoms with van der Waals surface area (Å²) in [5.41, 5.74) is 11.5. The zero-order valence-corrected chi connectivity index (χ0v) is 20.5. The lowest BCUT2D eigenvalue weighted by atomic mass is 9.71. The fourth-order valence-corrected chi connectivity index (χ4v) is 5.65. The molecule has 2 aromatic carbocycles. The van der Waals surface area contributed by atoms with E-state index in [1.54, 1.807) is 0 Å². The molecular weight excluding hydrogens is 440 g/mol. The van der Waals surface area contributed by atoms with Crippen molar-refractivity contribution in [1.82, 2.24) is 10.2 Å². The van der Waals surface area contributed by atoms with Crippen LogP contribution >= 0.6 is 0 Å². The minimum Gasteiger partial charge on any atom is -0.399 e. The number of likely N-dealkylation sites (tertiary alicyclic amines) is 1. The number of carbonyl (C=O) groups is 2. The van der Waals surface area contributed by atoms with Gasteiger partial charge < -0.3 is 26.2 Å². The molecule has 0 unspecified atom stereocenters. The Balaban J connectivity index is 1.06. The smallest absolute Gasteiger partial charge is 0.226 e. The summed E-state index contributed by atoms with van der Waals surface area (Å²) in [5, 5.41) is 5.45. The van der Waals surface area contributed by atoms with Crippen LogP contribution in [0.1, 0.15) is 24.8 Å². The summed E-state index contributed by atoms with van der Waals surface area (Å²) >= 11 is 0. The van der Waals surface area contributed by atoms with Gasteiger partial charge in [0.25, 0.3) is 0 Å². The molecule has 3 saturated heterocycles. The SMILES string of the molecule is Cc1cc(N2CC(N3CC4(CCN(c5ccc(N)cc5)CC4)C3)C2)ccc1NC(=O)CCNC=O. The van der Waals surface area contributed by atoms with E-state index in [4.69, 9.17) is 5.73 Å². The number of rotatable bonds is 8. The quantitative estimate of drug-likeness (QED) is 0.308. The van der Waals surface area contributed by atoms with Gasteiger partial charge in [0.05, 0.1) is 0 Å². The molecule has 186 valence electrons. The fourth-order valence-electron chi connectivity index (χ4n) is 5.65. The predicted molar refractivity (Wildman–Crippen MR) is 141 cm³/mol. The van der Waals surface area contributed by atoms with Crippen LogP contribution in [0.4, 0.5) is 22.7 Å². The monoisotopic (exact) mass is 476 g/mol. The Morgan fingerprint density at radius 2 is 1.74 bits per heavy atom. The molecule has 8 nitrogen and oxygen atoms in total. The van der Waals surface area contributed by atoms with E-state index >= 15 is 0 Å². The van der Waals surface area contributed by atoms with Gasteiger partial charge in [0, 0.05) is 81.0 Å². The number of nitrogens with one attached hydrogen (secondary N) is 2. The number of anilines is 4. The third-order valence-electron chi connectivity index (χ3n) is 7.97. The summed E-state index contributed by atoms with van der Waals surface area (Å²) in [6, 6.07) is 15.1. The molecule has 5 rings (SSSR count). The van der Waals surface area contributed by atoms with Crippen LogP contribution in [0.25, 0.3) is 0 Å². The minimum absolute atomic E-state index is 0.0924. The van der Waals surface area contributed by atoms with Crippen molar-refractivity contribution in [2.24, 2.45) is 5.41 Å². The van der Waals surface area contributed by atoms with Gasteiger partial charge in [-0.15, -0.1) is 0 Å². The van der Waals surface area contributed by atoms with E-state index in [0.717, 1.165) is 43.1 Å². The Morgan fingerprint density at radius 1 is 1.06 bits per heavy atom. The Labute approximate surface area is 207 Å². The number of carbonyl (C=O) groups excluding carboxylic acids is 2. The molecule has 3 aliphatic heterocycles. The largest absolute Gasteiger partial charge is 0.399 e. The van der Waals surface area contributed by atoms with Crippen LogP contribution in [0, 0.1) is 12.3 Å². The van der Waals surface area contributed by atoms with E-state index in [2.05, 4.69) is 49.6 Å². The maximum Gasteiger partial charge on any atom is 0.226 e. The average molecular weight is 477 g/mol. The van der Waals surface area contributed by atoms with Gasteiger partial charge >= 0.3 is 0 Å². The highest BCUT2D eigenvalue weighted by Gasteiger charge is 2.49. The second-order valence-corrected chi connectivity index (χ2v) is 10.4. The normalized spacial score (nSPS) is 19.7. The lowest BCUT2D eigenvalue weighted by Crippen LogP contribution is -2.70. The van der Waals surface area contributed by atoms with Crippen LogP contribution in [-0.4, -0.2) is 69.1 Å². The Kier molecular flexibility index (Phi) is 6.56. The number of nitrogens with zero attached hydrogens (tertiary/aromatic N) is 3. The molecule has 0 aliphatic carbocycles. The average Bonchev–Trinajstić information content (AvgIpc) is 2.80. The molecule has 0 saturated carbocycles. The predicted octanol–water partition coefficient (Wildman–Crippen LogP) is 2.44. The highest BCUT2D eigenvalue weighted by atomic mass is 16.1. The van der Waals surface area contributed by atoms with Crippen LogP contribution in [-0.2, 0) is 9.59 Å². The molecule has 0 bridgehead atoms. The van der Waals surface area contributed by atoms with Crippen LogP contribution in [0.2, 0.25) is 0 Å². The Bertz CT molecular complexity index is 1050. The number of nitrogens with two attached hydrogens (primary N) is 1. The summed E-state index contributed by atoms with van der Waals surface area (Å²) in [6.45, 7) is 9.21. The van der Waals surface area contributed by atoms with Gasteiger partial charge in [0.1, 0.15) is 0 Å². The van der Waals surface area contributed by atoms with Crippen molar-refractivity contribution in [3.63, 3.8) is 0 Å². The first-order chi connectivity index (χ1) is 16.9. The van der Waals surface area contributed by atoms with Crippen molar-refractivity contribution in [2.45, 2.75) is 32.2 Å². The number of amides is 2. The second-order valence-electron chi connectivity index (χ2n) is 10.4. The van der Waals surface area contributed by atoms with Crippen molar-refractivity contribution in [3.8, 4) is 0 Å². The minimum atomic E-state index is -0.0924. The molecule has 1 spiro atoms. The van der Waals surface area contributed by atoms with Gasteiger partial charge in [-0.05, 0) is 73.2 Å². The first-order valence-corrected chi connectivity index (χ1v) is 12.6. The lowest BCUT2D eigenvalue weighted by Gasteiger charge is -2.60.